The van der Waals surface area contributed by atoms with Gasteiger partial charge in [0.1, 0.15) is 0 Å². The Hall–Kier alpha value is -1.91. The Morgan fingerprint density at radius 2 is 2.36 bits per heavy atom. The highest BCUT2D eigenvalue weighted by Crippen LogP contribution is 2.08. The number of aryl methyl sites for hydroxylation is 1. The number of nitrogens with zero attached hydrogens (tertiary/aromatic N) is 3. The summed E-state index contributed by atoms with van der Waals surface area (Å²) in [5.41, 5.74) is 1.60. The molecule has 5 heteroatoms. The van der Waals surface area contributed by atoms with Crippen LogP contribution in [-0.2, 0) is 11.2 Å². The van der Waals surface area contributed by atoms with Crippen LogP contribution in [0.2, 0.25) is 0 Å². The molecule has 1 N–H and O–H groups in total. The Labute approximate surface area is 80.0 Å². The Morgan fingerprint density at radius 1 is 1.50 bits per heavy atom. The van der Waals surface area contributed by atoms with Crippen LogP contribution in [0, 0.1) is 0 Å². The van der Waals surface area contributed by atoms with Crippen molar-refractivity contribution >= 4 is 11.5 Å². The fourth-order valence-electron chi connectivity index (χ4n) is 1.30. The molecule has 0 aliphatic rings. The lowest BCUT2D eigenvalue weighted by atomic mass is 10.2. The molecule has 14 heavy (non-hydrogen) atoms. The van der Waals surface area contributed by atoms with Gasteiger partial charge in [-0.2, -0.15) is 0 Å². The van der Waals surface area contributed by atoms with E-state index in [1.165, 1.54) is 0 Å². The number of carbonyl (C=O) groups is 1. The summed E-state index contributed by atoms with van der Waals surface area (Å²) in [6.45, 7) is 0. The molecule has 2 rings (SSSR count). The fraction of sp³-hybridized carbons (Fsp3) is 0.222. The number of carboxylic acids is 1. The van der Waals surface area contributed by atoms with Crippen LogP contribution in [0.25, 0.3) is 5.52 Å². The second kappa shape index (κ2) is 3.45. The molecule has 0 saturated carbocycles. The van der Waals surface area contributed by atoms with E-state index in [2.05, 4.69) is 10.3 Å². The maximum atomic E-state index is 10.4. The molecule has 2 aromatic heterocycles. The van der Waals surface area contributed by atoms with Gasteiger partial charge in [-0.25, -0.2) is 4.52 Å². The van der Waals surface area contributed by atoms with Crippen molar-refractivity contribution in [2.24, 2.45) is 0 Å². The van der Waals surface area contributed by atoms with E-state index in [1.807, 2.05) is 18.2 Å². The molecule has 2 aromatic rings. The van der Waals surface area contributed by atoms with Crippen molar-refractivity contribution in [1.29, 1.82) is 0 Å². The smallest absolute Gasteiger partial charge is 0.303 e. The topological polar surface area (TPSA) is 67.5 Å². The average molecular weight is 191 g/mol. The number of fused-ring (bicyclic) bond motifs is 1. The van der Waals surface area contributed by atoms with E-state index in [0.717, 1.165) is 11.2 Å². The molecule has 0 atom stereocenters. The fourth-order valence-corrected chi connectivity index (χ4v) is 1.30. The first-order valence-electron chi connectivity index (χ1n) is 4.28. The first kappa shape index (κ1) is 8.68. The lowest BCUT2D eigenvalue weighted by molar-refractivity contribution is -0.136. The number of aliphatic carboxylic acids is 1. The Balaban J connectivity index is 2.29. The van der Waals surface area contributed by atoms with Gasteiger partial charge in [0.15, 0.2) is 0 Å². The summed E-state index contributed by atoms with van der Waals surface area (Å²) in [7, 11) is 0. The molecule has 0 aromatic carbocycles. The largest absolute Gasteiger partial charge is 0.481 e. The van der Waals surface area contributed by atoms with Crippen molar-refractivity contribution in [3.05, 3.63) is 30.1 Å². The molecule has 0 fully saturated rings. The van der Waals surface area contributed by atoms with Gasteiger partial charge in [0.25, 0.3) is 0 Å². The van der Waals surface area contributed by atoms with E-state index in [9.17, 15) is 4.79 Å². The van der Waals surface area contributed by atoms with E-state index < -0.39 is 5.97 Å². The average Bonchev–Trinajstić information content (AvgIpc) is 2.58. The van der Waals surface area contributed by atoms with Crippen molar-refractivity contribution in [3.8, 4) is 0 Å². The number of pyridine rings is 1. The molecular weight excluding hydrogens is 182 g/mol. The van der Waals surface area contributed by atoms with Gasteiger partial charge in [-0.3, -0.25) is 4.79 Å². The Bertz CT molecular complexity index is 464. The molecule has 0 aliphatic heterocycles. The van der Waals surface area contributed by atoms with E-state index >= 15 is 0 Å². The van der Waals surface area contributed by atoms with Gasteiger partial charge in [-0.05, 0) is 12.1 Å². The first-order chi connectivity index (χ1) is 6.77. The van der Waals surface area contributed by atoms with Crippen LogP contribution in [-0.4, -0.2) is 25.9 Å². The van der Waals surface area contributed by atoms with Crippen molar-refractivity contribution in [1.82, 2.24) is 14.8 Å². The Kier molecular flexibility index (Phi) is 2.14. The zero-order valence-corrected chi connectivity index (χ0v) is 7.42. The van der Waals surface area contributed by atoms with Gasteiger partial charge in [-0.15, -0.1) is 5.10 Å². The van der Waals surface area contributed by atoms with Crippen molar-refractivity contribution in [2.45, 2.75) is 12.8 Å². The molecule has 0 unspecified atom stereocenters. The van der Waals surface area contributed by atoms with E-state index in [1.54, 1.807) is 10.7 Å². The summed E-state index contributed by atoms with van der Waals surface area (Å²) < 4.78 is 1.64. The number of carboxylic acid groups (broad SMARTS) is 1. The molecular formula is C9H9N3O2. The molecule has 2 heterocycles. The SMILES string of the molecule is O=C(O)CCc1nnn2ccccc12. The van der Waals surface area contributed by atoms with E-state index in [0.29, 0.717) is 6.42 Å². The van der Waals surface area contributed by atoms with Crippen LogP contribution >= 0.6 is 0 Å². The first-order valence-corrected chi connectivity index (χ1v) is 4.28. The summed E-state index contributed by atoms with van der Waals surface area (Å²) in [6, 6.07) is 5.60. The highest BCUT2D eigenvalue weighted by Gasteiger charge is 2.06. The van der Waals surface area contributed by atoms with Gasteiger partial charge >= 0.3 is 5.97 Å². The maximum Gasteiger partial charge on any atom is 0.303 e. The third-order valence-corrected chi connectivity index (χ3v) is 1.97. The highest BCUT2D eigenvalue weighted by molar-refractivity contribution is 5.67. The lowest BCUT2D eigenvalue weighted by Crippen LogP contribution is -1.98. The van der Waals surface area contributed by atoms with Crippen LogP contribution in [0.15, 0.2) is 24.4 Å². The predicted molar refractivity (Wildman–Crippen MR) is 48.9 cm³/mol. The summed E-state index contributed by atoms with van der Waals surface area (Å²) in [5, 5.41) is 16.3. The maximum absolute atomic E-state index is 10.4. The van der Waals surface area contributed by atoms with Gasteiger partial charge < -0.3 is 5.11 Å². The second-order valence-electron chi connectivity index (χ2n) is 2.96. The second-order valence-corrected chi connectivity index (χ2v) is 2.96. The van der Waals surface area contributed by atoms with Gasteiger partial charge in [-0.1, -0.05) is 11.3 Å². The minimum absolute atomic E-state index is 0.0866. The van der Waals surface area contributed by atoms with Gasteiger partial charge in [0.2, 0.25) is 0 Å². The number of aromatic nitrogens is 3. The monoisotopic (exact) mass is 191 g/mol. The molecule has 0 bridgehead atoms. The Morgan fingerprint density at radius 3 is 3.14 bits per heavy atom. The van der Waals surface area contributed by atoms with Crippen LogP contribution in [0.5, 0.6) is 0 Å². The summed E-state index contributed by atoms with van der Waals surface area (Å²) in [4.78, 5) is 10.4. The third-order valence-electron chi connectivity index (χ3n) is 1.97. The number of hydrogen-bond donors (Lipinski definition) is 1. The molecule has 0 saturated heterocycles. The standard InChI is InChI=1S/C9H9N3O2/c13-9(14)5-4-7-8-3-1-2-6-12(8)11-10-7/h1-3,6H,4-5H2,(H,13,14). The van der Waals surface area contributed by atoms with Gasteiger partial charge in [0, 0.05) is 12.6 Å². The zero-order chi connectivity index (χ0) is 9.97. The third kappa shape index (κ3) is 1.56. The molecule has 0 spiro atoms. The normalized spacial score (nSPS) is 10.6. The molecule has 72 valence electrons. The highest BCUT2D eigenvalue weighted by atomic mass is 16.4. The van der Waals surface area contributed by atoms with Crippen molar-refractivity contribution in [3.63, 3.8) is 0 Å². The summed E-state index contributed by atoms with van der Waals surface area (Å²) >= 11 is 0. The van der Waals surface area contributed by atoms with Crippen molar-refractivity contribution < 1.29 is 9.90 Å². The van der Waals surface area contributed by atoms with Crippen LogP contribution in [0.4, 0.5) is 0 Å². The zero-order valence-electron chi connectivity index (χ0n) is 7.42. The summed E-state index contributed by atoms with van der Waals surface area (Å²) in [5.74, 6) is -0.818. The number of rotatable bonds is 3. The minimum atomic E-state index is -0.818. The number of hydrogen-bond acceptors (Lipinski definition) is 3. The predicted octanol–water partition coefficient (Wildman–Crippen LogP) is 0.746. The van der Waals surface area contributed by atoms with Crippen LogP contribution < -0.4 is 0 Å². The van der Waals surface area contributed by atoms with Crippen LogP contribution in [0.1, 0.15) is 12.1 Å². The van der Waals surface area contributed by atoms with Crippen molar-refractivity contribution in [2.75, 3.05) is 0 Å². The molecule has 5 nitrogen and oxygen atoms in total. The van der Waals surface area contributed by atoms with E-state index in [4.69, 9.17) is 5.11 Å². The van der Waals surface area contributed by atoms with Gasteiger partial charge in [0.05, 0.1) is 17.6 Å². The quantitative estimate of drug-likeness (QED) is 0.777. The van der Waals surface area contributed by atoms with Crippen LogP contribution in [0.3, 0.4) is 0 Å². The van der Waals surface area contributed by atoms with E-state index in [-0.39, 0.29) is 6.42 Å². The molecule has 0 amide bonds. The minimum Gasteiger partial charge on any atom is -0.481 e. The lowest BCUT2D eigenvalue weighted by Gasteiger charge is -1.93. The summed E-state index contributed by atoms with van der Waals surface area (Å²) in [6.07, 6.45) is 2.29. The molecule has 0 aliphatic carbocycles. The molecule has 0 radical (unpaired) electrons.